The van der Waals surface area contributed by atoms with E-state index in [2.05, 4.69) is 10.5 Å². The van der Waals surface area contributed by atoms with E-state index >= 15 is 0 Å². The molecule has 0 bridgehead atoms. The van der Waals surface area contributed by atoms with E-state index in [0.29, 0.717) is 23.4 Å². The highest BCUT2D eigenvalue weighted by atomic mass is 16.5. The monoisotopic (exact) mass is 250 g/mol. The summed E-state index contributed by atoms with van der Waals surface area (Å²) < 4.78 is 4.92. The molecule has 0 spiro atoms. The number of nitrogens with zero attached hydrogens (tertiary/aromatic N) is 1. The summed E-state index contributed by atoms with van der Waals surface area (Å²) in [6.07, 6.45) is 3.68. The molecule has 1 aliphatic carbocycles. The molecular weight excluding hydrogens is 236 g/mol. The standard InChI is InChI=1S/C12H14N2O4/c1-6-10(7(2)18-14-6)11(15)13-9-4-3-8(5-9)12(16)17/h3-4,8-9H,5H2,1-2H3,(H,13,15)(H,16,17). The molecule has 2 atom stereocenters. The smallest absolute Gasteiger partial charge is 0.310 e. The highest BCUT2D eigenvalue weighted by Crippen LogP contribution is 2.19. The molecule has 0 saturated heterocycles. The van der Waals surface area contributed by atoms with Gasteiger partial charge in [-0.05, 0) is 20.3 Å². The van der Waals surface area contributed by atoms with E-state index in [1.54, 1.807) is 26.0 Å². The number of carbonyl (C=O) groups is 2. The minimum absolute atomic E-state index is 0.257. The van der Waals surface area contributed by atoms with Crippen molar-refractivity contribution in [2.75, 3.05) is 0 Å². The van der Waals surface area contributed by atoms with Crippen LogP contribution in [-0.4, -0.2) is 28.2 Å². The van der Waals surface area contributed by atoms with Crippen molar-refractivity contribution in [3.8, 4) is 0 Å². The lowest BCUT2D eigenvalue weighted by atomic mass is 10.1. The number of hydrogen-bond donors (Lipinski definition) is 2. The topological polar surface area (TPSA) is 92.4 Å². The van der Waals surface area contributed by atoms with Gasteiger partial charge in [-0.15, -0.1) is 0 Å². The van der Waals surface area contributed by atoms with Crippen molar-refractivity contribution in [3.05, 3.63) is 29.2 Å². The maximum atomic E-state index is 12.0. The Kier molecular flexibility index (Phi) is 3.18. The van der Waals surface area contributed by atoms with Gasteiger partial charge < -0.3 is 14.9 Å². The fourth-order valence-electron chi connectivity index (χ4n) is 2.04. The molecule has 18 heavy (non-hydrogen) atoms. The lowest BCUT2D eigenvalue weighted by molar-refractivity contribution is -0.140. The van der Waals surface area contributed by atoms with Crippen LogP contribution in [0.3, 0.4) is 0 Å². The average molecular weight is 250 g/mol. The van der Waals surface area contributed by atoms with Crippen LogP contribution in [0.15, 0.2) is 16.7 Å². The first-order chi connectivity index (χ1) is 8.49. The molecule has 96 valence electrons. The fraction of sp³-hybridized carbons (Fsp3) is 0.417. The van der Waals surface area contributed by atoms with Gasteiger partial charge in [-0.1, -0.05) is 17.3 Å². The largest absolute Gasteiger partial charge is 0.481 e. The zero-order chi connectivity index (χ0) is 13.3. The van der Waals surface area contributed by atoms with Crippen molar-refractivity contribution in [1.82, 2.24) is 10.5 Å². The summed E-state index contributed by atoms with van der Waals surface area (Å²) in [6, 6.07) is -0.257. The zero-order valence-electron chi connectivity index (χ0n) is 10.1. The first-order valence-electron chi connectivity index (χ1n) is 5.64. The number of aliphatic carboxylic acids is 1. The number of amides is 1. The molecular formula is C12H14N2O4. The van der Waals surface area contributed by atoms with E-state index in [0.717, 1.165) is 0 Å². The molecule has 1 aromatic rings. The average Bonchev–Trinajstić information content (AvgIpc) is 2.86. The Morgan fingerprint density at radius 2 is 2.17 bits per heavy atom. The maximum Gasteiger partial charge on any atom is 0.310 e. The first kappa shape index (κ1) is 12.3. The number of aromatic nitrogens is 1. The molecule has 6 heteroatoms. The van der Waals surface area contributed by atoms with Gasteiger partial charge in [0.15, 0.2) is 0 Å². The van der Waals surface area contributed by atoms with Gasteiger partial charge in [-0.25, -0.2) is 0 Å². The quantitative estimate of drug-likeness (QED) is 0.782. The molecule has 1 aromatic heterocycles. The summed E-state index contributed by atoms with van der Waals surface area (Å²) in [5, 5.41) is 15.3. The molecule has 1 heterocycles. The SMILES string of the molecule is Cc1noc(C)c1C(=O)NC1C=CC(C(=O)O)C1. The van der Waals surface area contributed by atoms with Crippen LogP contribution >= 0.6 is 0 Å². The minimum Gasteiger partial charge on any atom is -0.481 e. The van der Waals surface area contributed by atoms with Gasteiger partial charge in [0.1, 0.15) is 11.3 Å². The molecule has 1 aliphatic rings. The Bertz CT molecular complexity index is 499. The number of hydrogen-bond acceptors (Lipinski definition) is 4. The van der Waals surface area contributed by atoms with Crippen LogP contribution in [0.5, 0.6) is 0 Å². The molecule has 2 unspecified atom stereocenters. The number of carboxylic acid groups (broad SMARTS) is 1. The van der Waals surface area contributed by atoms with Crippen LogP contribution in [0.2, 0.25) is 0 Å². The minimum atomic E-state index is -0.875. The van der Waals surface area contributed by atoms with E-state index < -0.39 is 11.9 Å². The van der Waals surface area contributed by atoms with Crippen LogP contribution in [0.1, 0.15) is 28.2 Å². The number of carbonyl (C=O) groups excluding carboxylic acids is 1. The third kappa shape index (κ3) is 2.27. The lowest BCUT2D eigenvalue weighted by Crippen LogP contribution is -2.33. The van der Waals surface area contributed by atoms with Crippen molar-refractivity contribution in [1.29, 1.82) is 0 Å². The number of nitrogens with one attached hydrogen (secondary N) is 1. The molecule has 0 radical (unpaired) electrons. The second-order valence-electron chi connectivity index (χ2n) is 4.34. The summed E-state index contributed by atoms with van der Waals surface area (Å²) in [6.45, 7) is 3.36. The van der Waals surface area contributed by atoms with Crippen molar-refractivity contribution in [3.63, 3.8) is 0 Å². The number of carboxylic acids is 1. The maximum absolute atomic E-state index is 12.0. The van der Waals surface area contributed by atoms with Crippen molar-refractivity contribution in [2.24, 2.45) is 5.92 Å². The van der Waals surface area contributed by atoms with Gasteiger partial charge in [0.25, 0.3) is 5.91 Å². The molecule has 1 amide bonds. The first-order valence-corrected chi connectivity index (χ1v) is 5.64. The van der Waals surface area contributed by atoms with E-state index in [1.165, 1.54) is 0 Å². The van der Waals surface area contributed by atoms with E-state index in [-0.39, 0.29) is 11.9 Å². The van der Waals surface area contributed by atoms with Crippen molar-refractivity contribution < 1.29 is 19.2 Å². The highest BCUT2D eigenvalue weighted by molar-refractivity contribution is 5.96. The normalized spacial score (nSPS) is 22.1. The number of rotatable bonds is 3. The second-order valence-corrected chi connectivity index (χ2v) is 4.34. The van der Waals surface area contributed by atoms with Crippen LogP contribution in [0.4, 0.5) is 0 Å². The third-order valence-corrected chi connectivity index (χ3v) is 2.98. The summed E-state index contributed by atoms with van der Waals surface area (Å²) in [5.41, 5.74) is 0.948. The van der Waals surface area contributed by atoms with Crippen molar-refractivity contribution >= 4 is 11.9 Å². The third-order valence-electron chi connectivity index (χ3n) is 2.98. The zero-order valence-corrected chi connectivity index (χ0v) is 10.1. The molecule has 0 saturated carbocycles. The molecule has 0 fully saturated rings. The summed E-state index contributed by atoms with van der Waals surface area (Å²) >= 11 is 0. The lowest BCUT2D eigenvalue weighted by Gasteiger charge is -2.11. The molecule has 2 N–H and O–H groups in total. The Hall–Kier alpha value is -2.11. The van der Waals surface area contributed by atoms with Gasteiger partial charge in [0, 0.05) is 6.04 Å². The van der Waals surface area contributed by atoms with E-state index in [9.17, 15) is 9.59 Å². The Labute approximate surface area is 104 Å². The van der Waals surface area contributed by atoms with Gasteiger partial charge in [0.05, 0.1) is 11.6 Å². The predicted molar refractivity (Wildman–Crippen MR) is 62.1 cm³/mol. The van der Waals surface area contributed by atoms with Crippen LogP contribution in [-0.2, 0) is 4.79 Å². The van der Waals surface area contributed by atoms with Gasteiger partial charge in [0.2, 0.25) is 0 Å². The van der Waals surface area contributed by atoms with Crippen LogP contribution < -0.4 is 5.32 Å². The van der Waals surface area contributed by atoms with Crippen molar-refractivity contribution in [2.45, 2.75) is 26.3 Å². The van der Waals surface area contributed by atoms with E-state index in [4.69, 9.17) is 9.63 Å². The Balaban J connectivity index is 2.02. The second kappa shape index (κ2) is 4.64. The predicted octanol–water partition coefficient (Wildman–Crippen LogP) is 1.05. The molecule has 2 rings (SSSR count). The summed E-state index contributed by atoms with van der Waals surface area (Å²) in [4.78, 5) is 22.8. The highest BCUT2D eigenvalue weighted by Gasteiger charge is 2.27. The Morgan fingerprint density at radius 3 is 2.67 bits per heavy atom. The number of aryl methyl sites for hydroxylation is 2. The van der Waals surface area contributed by atoms with Gasteiger partial charge >= 0.3 is 5.97 Å². The summed E-state index contributed by atoms with van der Waals surface area (Å²) in [5.74, 6) is -1.23. The molecule has 6 nitrogen and oxygen atoms in total. The van der Waals surface area contributed by atoms with Gasteiger partial charge in [-0.2, -0.15) is 0 Å². The van der Waals surface area contributed by atoms with Crippen LogP contribution in [0, 0.1) is 19.8 Å². The van der Waals surface area contributed by atoms with Gasteiger partial charge in [-0.3, -0.25) is 9.59 Å². The fourth-order valence-corrected chi connectivity index (χ4v) is 2.04. The Morgan fingerprint density at radius 1 is 1.44 bits per heavy atom. The molecule has 0 aliphatic heterocycles. The van der Waals surface area contributed by atoms with E-state index in [1.807, 2.05) is 0 Å². The van der Waals surface area contributed by atoms with Crippen LogP contribution in [0.25, 0.3) is 0 Å². The molecule has 0 aromatic carbocycles. The summed E-state index contributed by atoms with van der Waals surface area (Å²) in [7, 11) is 0.